The van der Waals surface area contributed by atoms with Gasteiger partial charge in [-0.2, -0.15) is 5.10 Å². The Morgan fingerprint density at radius 2 is 2.40 bits per heavy atom. The summed E-state index contributed by atoms with van der Waals surface area (Å²) >= 11 is 0. The Morgan fingerprint density at radius 3 is 3.00 bits per heavy atom. The van der Waals surface area contributed by atoms with Crippen LogP contribution in [0.1, 0.15) is 18.2 Å². The number of aryl methyl sites for hydroxylation is 1. The summed E-state index contributed by atoms with van der Waals surface area (Å²) in [7, 11) is 0. The molecule has 4 N–H and O–H groups in total. The Kier molecular flexibility index (Phi) is 4.48. The van der Waals surface area contributed by atoms with E-state index in [0.717, 1.165) is 11.3 Å². The summed E-state index contributed by atoms with van der Waals surface area (Å²) < 4.78 is 5.11. The number of nitrogens with two attached hydrogens (primary N) is 1. The molecule has 1 aromatic heterocycles. The maximum Gasteiger partial charge on any atom is 0.271 e. The topological polar surface area (TPSA) is 117 Å². The van der Waals surface area contributed by atoms with Crippen molar-refractivity contribution in [3.8, 4) is 0 Å². The molecule has 0 spiro atoms. The van der Waals surface area contributed by atoms with E-state index in [4.69, 9.17) is 10.5 Å². The number of aliphatic imine (C=N–C) groups is 1. The van der Waals surface area contributed by atoms with Crippen LogP contribution in [0.4, 0.5) is 0 Å². The van der Waals surface area contributed by atoms with Gasteiger partial charge in [0.05, 0.1) is 12.2 Å². The molecule has 0 saturated heterocycles. The molecule has 2 unspecified atom stereocenters. The molecule has 1 aliphatic rings. The van der Waals surface area contributed by atoms with Gasteiger partial charge in [0.25, 0.3) is 5.91 Å². The minimum atomic E-state index is -1.09. The fourth-order valence-corrected chi connectivity index (χ4v) is 1.77. The van der Waals surface area contributed by atoms with Gasteiger partial charge in [0.1, 0.15) is 19.1 Å². The molecule has 2 atom stereocenters. The average molecular weight is 281 g/mol. The van der Waals surface area contributed by atoms with Crippen molar-refractivity contribution in [2.75, 3.05) is 13.4 Å². The van der Waals surface area contributed by atoms with Gasteiger partial charge in [-0.25, -0.2) is 0 Å². The van der Waals surface area contributed by atoms with Crippen LogP contribution in [0.2, 0.25) is 0 Å². The number of aromatic nitrogens is 2. The van der Waals surface area contributed by atoms with Crippen LogP contribution in [0.15, 0.2) is 11.2 Å². The van der Waals surface area contributed by atoms with E-state index in [2.05, 4.69) is 15.2 Å². The third-order valence-electron chi connectivity index (χ3n) is 3.11. The molecule has 1 aromatic rings. The van der Waals surface area contributed by atoms with E-state index in [1.54, 1.807) is 13.1 Å². The predicted molar refractivity (Wildman–Crippen MR) is 71.8 cm³/mol. The van der Waals surface area contributed by atoms with Crippen molar-refractivity contribution in [2.24, 2.45) is 10.7 Å². The SMILES string of the molecule is Cc1[nH]ncc1CC1=NCN(COC(O)C(C)N)C1=O. The molecule has 8 nitrogen and oxygen atoms in total. The summed E-state index contributed by atoms with van der Waals surface area (Å²) in [6.07, 6.45) is 1.03. The Balaban J connectivity index is 1.87. The summed E-state index contributed by atoms with van der Waals surface area (Å²) in [6.45, 7) is 3.72. The summed E-state index contributed by atoms with van der Waals surface area (Å²) in [5.74, 6) is -0.192. The molecular formula is C12H19N5O3. The van der Waals surface area contributed by atoms with E-state index in [1.807, 2.05) is 6.92 Å². The van der Waals surface area contributed by atoms with Crippen LogP contribution in [0.25, 0.3) is 0 Å². The van der Waals surface area contributed by atoms with Gasteiger partial charge in [0, 0.05) is 12.1 Å². The number of aliphatic hydroxyl groups excluding tert-OH is 1. The van der Waals surface area contributed by atoms with Crippen molar-refractivity contribution < 1.29 is 14.6 Å². The van der Waals surface area contributed by atoms with Gasteiger partial charge >= 0.3 is 0 Å². The van der Waals surface area contributed by atoms with E-state index in [9.17, 15) is 9.90 Å². The third-order valence-corrected chi connectivity index (χ3v) is 3.11. The lowest BCUT2D eigenvalue weighted by Crippen LogP contribution is -2.39. The summed E-state index contributed by atoms with van der Waals surface area (Å²) in [5, 5.41) is 16.2. The maximum atomic E-state index is 12.1. The second-order valence-corrected chi connectivity index (χ2v) is 4.83. The smallest absolute Gasteiger partial charge is 0.271 e. The number of aromatic amines is 1. The van der Waals surface area contributed by atoms with E-state index in [-0.39, 0.29) is 19.3 Å². The zero-order chi connectivity index (χ0) is 14.7. The lowest BCUT2D eigenvalue weighted by atomic mass is 10.1. The lowest BCUT2D eigenvalue weighted by Gasteiger charge is -2.20. The molecule has 0 aliphatic carbocycles. The van der Waals surface area contributed by atoms with Crippen LogP contribution in [0.3, 0.4) is 0 Å². The van der Waals surface area contributed by atoms with Gasteiger partial charge < -0.3 is 15.6 Å². The zero-order valence-electron chi connectivity index (χ0n) is 11.5. The summed E-state index contributed by atoms with van der Waals surface area (Å²) in [5.41, 5.74) is 7.80. The van der Waals surface area contributed by atoms with Crippen LogP contribution in [0, 0.1) is 6.92 Å². The summed E-state index contributed by atoms with van der Waals surface area (Å²) in [4.78, 5) is 17.7. The first-order valence-electron chi connectivity index (χ1n) is 6.35. The molecule has 8 heteroatoms. The van der Waals surface area contributed by atoms with Crippen LogP contribution in [-0.4, -0.2) is 57.6 Å². The molecule has 0 bridgehead atoms. The highest BCUT2D eigenvalue weighted by molar-refractivity contribution is 6.40. The normalized spacial score (nSPS) is 18.3. The van der Waals surface area contributed by atoms with Crippen LogP contribution in [0.5, 0.6) is 0 Å². The molecule has 1 amide bonds. The fourth-order valence-electron chi connectivity index (χ4n) is 1.77. The van der Waals surface area contributed by atoms with Crippen molar-refractivity contribution in [1.29, 1.82) is 0 Å². The van der Waals surface area contributed by atoms with Gasteiger partial charge in [-0.1, -0.05) is 0 Å². The van der Waals surface area contributed by atoms with Gasteiger partial charge in [-0.05, 0) is 19.4 Å². The molecule has 1 aliphatic heterocycles. The number of aliphatic hydroxyl groups is 1. The number of nitrogens with zero attached hydrogens (tertiary/aromatic N) is 3. The number of carbonyl (C=O) groups is 1. The minimum Gasteiger partial charge on any atom is -0.367 e. The third kappa shape index (κ3) is 3.21. The first-order valence-corrected chi connectivity index (χ1v) is 6.35. The fraction of sp³-hybridized carbons (Fsp3) is 0.583. The molecular weight excluding hydrogens is 262 g/mol. The highest BCUT2D eigenvalue weighted by atomic mass is 16.6. The first-order chi connectivity index (χ1) is 9.49. The number of H-pyrrole nitrogens is 1. The average Bonchev–Trinajstić information content (AvgIpc) is 2.96. The van der Waals surface area contributed by atoms with E-state index in [0.29, 0.717) is 12.1 Å². The zero-order valence-corrected chi connectivity index (χ0v) is 11.5. The second-order valence-electron chi connectivity index (χ2n) is 4.83. The van der Waals surface area contributed by atoms with E-state index in [1.165, 1.54) is 4.90 Å². The molecule has 2 rings (SSSR count). The van der Waals surface area contributed by atoms with Crippen LogP contribution < -0.4 is 5.73 Å². The van der Waals surface area contributed by atoms with Crippen LogP contribution in [-0.2, 0) is 16.0 Å². The standard InChI is InChI=1S/C12H19N5O3/c1-7(13)12(19)20-6-17-5-14-10(11(17)18)3-9-4-15-16-8(9)2/h4,7,12,19H,3,5-6,13H2,1-2H3,(H,15,16). The monoisotopic (exact) mass is 281 g/mol. The predicted octanol–water partition coefficient (Wildman–Crippen LogP) is -0.859. The molecule has 0 saturated carbocycles. The molecule has 2 heterocycles. The Hall–Kier alpha value is -1.77. The van der Waals surface area contributed by atoms with Crippen LogP contribution >= 0.6 is 0 Å². The Morgan fingerprint density at radius 1 is 1.65 bits per heavy atom. The molecule has 0 aromatic carbocycles. The number of nitrogens with one attached hydrogen (secondary N) is 1. The van der Waals surface area contributed by atoms with E-state index < -0.39 is 12.3 Å². The van der Waals surface area contributed by atoms with Gasteiger partial charge in [-0.15, -0.1) is 0 Å². The van der Waals surface area contributed by atoms with Gasteiger partial charge in [0.15, 0.2) is 6.29 Å². The maximum absolute atomic E-state index is 12.1. The molecule has 110 valence electrons. The van der Waals surface area contributed by atoms with Gasteiger partial charge in [-0.3, -0.25) is 19.8 Å². The largest absolute Gasteiger partial charge is 0.367 e. The highest BCUT2D eigenvalue weighted by Crippen LogP contribution is 2.11. The second kappa shape index (κ2) is 6.12. The molecule has 0 fully saturated rings. The van der Waals surface area contributed by atoms with Crippen molar-refractivity contribution >= 4 is 11.6 Å². The van der Waals surface area contributed by atoms with E-state index >= 15 is 0 Å². The molecule has 20 heavy (non-hydrogen) atoms. The van der Waals surface area contributed by atoms with Crippen molar-refractivity contribution in [3.63, 3.8) is 0 Å². The molecule has 0 radical (unpaired) electrons. The summed E-state index contributed by atoms with van der Waals surface area (Å²) in [6, 6.07) is -0.512. The lowest BCUT2D eigenvalue weighted by molar-refractivity contribution is -0.153. The van der Waals surface area contributed by atoms with Crippen molar-refractivity contribution in [3.05, 3.63) is 17.5 Å². The van der Waals surface area contributed by atoms with Gasteiger partial charge in [0.2, 0.25) is 0 Å². The number of hydrogen-bond acceptors (Lipinski definition) is 6. The number of carbonyl (C=O) groups excluding carboxylic acids is 1. The highest BCUT2D eigenvalue weighted by Gasteiger charge is 2.27. The number of ether oxygens (including phenoxy) is 1. The first kappa shape index (κ1) is 14.6. The number of amides is 1. The van der Waals surface area contributed by atoms with Crippen molar-refractivity contribution in [2.45, 2.75) is 32.6 Å². The Bertz CT molecular complexity index is 511. The minimum absolute atomic E-state index is 0.0289. The number of rotatable bonds is 6. The quantitative estimate of drug-likeness (QED) is 0.587. The Labute approximate surface area is 116 Å². The van der Waals surface area contributed by atoms with Crippen molar-refractivity contribution in [1.82, 2.24) is 15.1 Å². The number of hydrogen-bond donors (Lipinski definition) is 3.